The van der Waals surface area contributed by atoms with Crippen molar-refractivity contribution in [1.29, 1.82) is 0 Å². The number of hydrogen-bond acceptors (Lipinski definition) is 3. The zero-order valence-electron chi connectivity index (χ0n) is 8.72. The van der Waals surface area contributed by atoms with Crippen LogP contribution in [0.4, 0.5) is 0 Å². The number of nitrogens with zero attached hydrogens (tertiary/aromatic N) is 1. The molecule has 0 radical (unpaired) electrons. The zero-order chi connectivity index (χ0) is 11.2. The zero-order valence-corrected chi connectivity index (χ0v) is 9.47. The lowest BCUT2D eigenvalue weighted by molar-refractivity contribution is 0.429. The third-order valence-corrected chi connectivity index (χ3v) is 2.42. The topological polar surface area (TPSA) is 58.9 Å². The van der Waals surface area contributed by atoms with E-state index in [-0.39, 0.29) is 16.1 Å². The van der Waals surface area contributed by atoms with Gasteiger partial charge in [0, 0.05) is 5.41 Å². The van der Waals surface area contributed by atoms with Crippen LogP contribution in [0.25, 0.3) is 11.0 Å². The largest absolute Gasteiger partial charge is 0.457 e. The number of aromatic amines is 1. The molecule has 2 heterocycles. The fourth-order valence-electron chi connectivity index (χ4n) is 1.29. The van der Waals surface area contributed by atoms with E-state index < -0.39 is 0 Å². The molecule has 0 spiro atoms. The lowest BCUT2D eigenvalue weighted by Gasteiger charge is -2.13. The summed E-state index contributed by atoms with van der Waals surface area (Å²) in [6, 6.07) is 1.71. The molecule has 1 N–H and O–H groups in total. The van der Waals surface area contributed by atoms with Gasteiger partial charge in [0.15, 0.2) is 10.7 Å². The van der Waals surface area contributed by atoms with Crippen molar-refractivity contribution in [2.45, 2.75) is 26.2 Å². The molecular formula is C10H11ClN2O2. The molecular weight excluding hydrogens is 216 g/mol. The summed E-state index contributed by atoms with van der Waals surface area (Å²) in [5, 5.41) is 6.57. The molecule has 0 aliphatic heterocycles. The molecule has 4 nitrogen and oxygen atoms in total. The maximum atomic E-state index is 11.4. The Labute approximate surface area is 91.2 Å². The number of halogens is 1. The standard InChI is InChI=1S/C10H11ClN2O2/c1-10(2,3)6-4-5-7(15-6)8(11)12-13-9(5)14/h4H,1-3H3,(H,13,14). The van der Waals surface area contributed by atoms with Gasteiger partial charge in [-0.15, -0.1) is 0 Å². The van der Waals surface area contributed by atoms with Crippen molar-refractivity contribution in [3.8, 4) is 0 Å². The summed E-state index contributed by atoms with van der Waals surface area (Å²) < 4.78 is 5.53. The van der Waals surface area contributed by atoms with Crippen LogP contribution >= 0.6 is 11.6 Å². The highest BCUT2D eigenvalue weighted by Crippen LogP contribution is 2.29. The average molecular weight is 227 g/mol. The lowest BCUT2D eigenvalue weighted by atomic mass is 9.93. The normalized spacial score (nSPS) is 12.3. The van der Waals surface area contributed by atoms with Crippen molar-refractivity contribution in [2.75, 3.05) is 0 Å². The second kappa shape index (κ2) is 3.10. The number of rotatable bonds is 0. The van der Waals surface area contributed by atoms with E-state index in [0.29, 0.717) is 11.0 Å². The Morgan fingerprint density at radius 2 is 2.13 bits per heavy atom. The molecule has 0 bridgehead atoms. The van der Waals surface area contributed by atoms with E-state index in [9.17, 15) is 4.79 Å². The predicted molar refractivity (Wildman–Crippen MR) is 58.3 cm³/mol. The summed E-state index contributed by atoms with van der Waals surface area (Å²) in [5.41, 5.74) is -0.0894. The third kappa shape index (κ3) is 1.65. The Morgan fingerprint density at radius 1 is 1.47 bits per heavy atom. The fourth-order valence-corrected chi connectivity index (χ4v) is 1.48. The molecule has 5 heteroatoms. The first kappa shape index (κ1) is 10.2. The first-order valence-electron chi connectivity index (χ1n) is 4.58. The highest BCUT2D eigenvalue weighted by atomic mass is 35.5. The highest BCUT2D eigenvalue weighted by Gasteiger charge is 2.21. The monoisotopic (exact) mass is 226 g/mol. The van der Waals surface area contributed by atoms with Gasteiger partial charge in [0.25, 0.3) is 5.56 Å². The minimum atomic E-state index is -0.284. The maximum Gasteiger partial charge on any atom is 0.275 e. The molecule has 2 aromatic heterocycles. The summed E-state index contributed by atoms with van der Waals surface area (Å²) >= 11 is 5.82. The van der Waals surface area contributed by atoms with E-state index in [2.05, 4.69) is 10.2 Å². The van der Waals surface area contributed by atoms with Gasteiger partial charge in [-0.05, 0) is 6.07 Å². The maximum absolute atomic E-state index is 11.4. The Balaban J connectivity index is 2.82. The molecule has 0 aliphatic rings. The van der Waals surface area contributed by atoms with Gasteiger partial charge in [0.2, 0.25) is 0 Å². The van der Waals surface area contributed by atoms with Crippen LogP contribution in [0.3, 0.4) is 0 Å². The van der Waals surface area contributed by atoms with E-state index in [0.717, 1.165) is 5.76 Å². The molecule has 0 saturated carbocycles. The van der Waals surface area contributed by atoms with Crippen LogP contribution in [0.2, 0.25) is 5.15 Å². The average Bonchev–Trinajstić information content (AvgIpc) is 2.56. The second-order valence-corrected chi connectivity index (χ2v) is 4.81. The predicted octanol–water partition coefficient (Wildman–Crippen LogP) is 2.47. The smallest absolute Gasteiger partial charge is 0.275 e. The number of H-pyrrole nitrogens is 1. The summed E-state index contributed by atoms with van der Waals surface area (Å²) in [4.78, 5) is 11.4. The molecule has 0 fully saturated rings. The number of fused-ring (bicyclic) bond motifs is 1. The Bertz CT molecular complexity index is 563. The quantitative estimate of drug-likeness (QED) is 0.751. The van der Waals surface area contributed by atoms with Crippen molar-refractivity contribution < 1.29 is 4.42 Å². The van der Waals surface area contributed by atoms with E-state index in [1.807, 2.05) is 20.8 Å². The molecule has 0 aromatic carbocycles. The van der Waals surface area contributed by atoms with Gasteiger partial charge < -0.3 is 4.42 Å². The van der Waals surface area contributed by atoms with Crippen LogP contribution < -0.4 is 5.56 Å². The number of aromatic nitrogens is 2. The molecule has 0 saturated heterocycles. The third-order valence-electron chi connectivity index (χ3n) is 2.16. The molecule has 0 amide bonds. The molecule has 0 unspecified atom stereocenters. The van der Waals surface area contributed by atoms with Crippen molar-refractivity contribution >= 4 is 22.6 Å². The van der Waals surface area contributed by atoms with Crippen LogP contribution in [-0.2, 0) is 5.41 Å². The van der Waals surface area contributed by atoms with Crippen molar-refractivity contribution in [3.05, 3.63) is 27.3 Å². The molecule has 80 valence electrons. The Hall–Kier alpha value is -1.29. The minimum Gasteiger partial charge on any atom is -0.457 e. The summed E-state index contributed by atoms with van der Waals surface area (Å²) in [6.45, 7) is 6.00. The van der Waals surface area contributed by atoms with Gasteiger partial charge in [-0.2, -0.15) is 5.10 Å². The lowest BCUT2D eigenvalue weighted by Crippen LogP contribution is -2.09. The number of nitrogens with one attached hydrogen (secondary N) is 1. The van der Waals surface area contributed by atoms with Crippen molar-refractivity contribution in [1.82, 2.24) is 10.2 Å². The summed E-state index contributed by atoms with van der Waals surface area (Å²) in [7, 11) is 0. The van der Waals surface area contributed by atoms with Crippen LogP contribution in [0.1, 0.15) is 26.5 Å². The van der Waals surface area contributed by atoms with Crippen molar-refractivity contribution in [3.63, 3.8) is 0 Å². The van der Waals surface area contributed by atoms with E-state index >= 15 is 0 Å². The van der Waals surface area contributed by atoms with Crippen LogP contribution in [0.5, 0.6) is 0 Å². The van der Waals surface area contributed by atoms with Gasteiger partial charge in [-0.3, -0.25) is 4.79 Å². The molecule has 0 atom stereocenters. The number of hydrogen-bond donors (Lipinski definition) is 1. The van der Waals surface area contributed by atoms with Crippen LogP contribution in [0.15, 0.2) is 15.3 Å². The highest BCUT2D eigenvalue weighted by molar-refractivity contribution is 6.33. The van der Waals surface area contributed by atoms with E-state index in [4.69, 9.17) is 16.0 Å². The molecule has 0 aliphatic carbocycles. The van der Waals surface area contributed by atoms with Crippen LogP contribution in [-0.4, -0.2) is 10.2 Å². The minimum absolute atomic E-state index is 0.158. The molecule has 2 rings (SSSR count). The van der Waals surface area contributed by atoms with Crippen LogP contribution in [0, 0.1) is 0 Å². The summed E-state index contributed by atoms with van der Waals surface area (Å²) in [6.07, 6.45) is 0. The SMILES string of the molecule is CC(C)(C)c1cc2c(=O)[nH]nc(Cl)c2o1. The van der Waals surface area contributed by atoms with Crippen molar-refractivity contribution in [2.24, 2.45) is 0 Å². The van der Waals surface area contributed by atoms with Gasteiger partial charge >= 0.3 is 0 Å². The number of furan rings is 1. The second-order valence-electron chi connectivity index (χ2n) is 4.45. The Kier molecular flexibility index (Phi) is 2.12. The first-order chi connectivity index (χ1) is 6.89. The van der Waals surface area contributed by atoms with Gasteiger partial charge in [-0.25, -0.2) is 5.10 Å². The van der Waals surface area contributed by atoms with E-state index in [1.165, 1.54) is 0 Å². The summed E-state index contributed by atoms with van der Waals surface area (Å²) in [5.74, 6) is 0.720. The van der Waals surface area contributed by atoms with Gasteiger partial charge in [0.1, 0.15) is 5.76 Å². The van der Waals surface area contributed by atoms with Gasteiger partial charge in [0.05, 0.1) is 5.39 Å². The Morgan fingerprint density at radius 3 is 2.67 bits per heavy atom. The molecule has 2 aromatic rings. The first-order valence-corrected chi connectivity index (χ1v) is 4.95. The fraction of sp³-hybridized carbons (Fsp3) is 0.400. The molecule has 15 heavy (non-hydrogen) atoms. The van der Waals surface area contributed by atoms with E-state index in [1.54, 1.807) is 6.07 Å². The van der Waals surface area contributed by atoms with Gasteiger partial charge in [-0.1, -0.05) is 32.4 Å².